The number of pyridine rings is 1. The number of hydrogen-bond donors (Lipinski definition) is 1. The fraction of sp³-hybridized carbons (Fsp3) is 0.182. The Kier molecular flexibility index (Phi) is 2.89. The van der Waals surface area contributed by atoms with E-state index in [-0.39, 0.29) is 6.54 Å². The molecule has 0 unspecified atom stereocenters. The fourth-order valence-corrected chi connectivity index (χ4v) is 1.94. The zero-order valence-corrected chi connectivity index (χ0v) is 9.66. The van der Waals surface area contributed by atoms with Crippen LogP contribution in [0.2, 0.25) is 0 Å². The highest BCUT2D eigenvalue weighted by atomic mass is 32.2. The summed E-state index contributed by atoms with van der Waals surface area (Å²) in [5.74, 6) is 0. The summed E-state index contributed by atoms with van der Waals surface area (Å²) >= 11 is 0. The van der Waals surface area contributed by atoms with Crippen LogP contribution in [0.5, 0.6) is 0 Å². The number of benzene rings is 1. The number of rotatable bonds is 3. The first kappa shape index (κ1) is 11.0. The molecule has 1 heterocycles. The van der Waals surface area contributed by atoms with Crippen LogP contribution in [0, 0.1) is 0 Å². The molecule has 0 radical (unpaired) electrons. The third kappa shape index (κ3) is 2.56. The molecule has 1 aromatic heterocycles. The molecule has 1 N–H and O–H groups in total. The Labute approximate surface area is 94.4 Å². The third-order valence-electron chi connectivity index (χ3n) is 2.24. The number of fused-ring (bicyclic) bond motifs is 1. The standard InChI is InChI=1S/C11H12N2O2S/c1-16(14,15)13-8-10-5-2-4-9-6-3-7-12-11(9)10/h2-7,13H,8H2,1H3. The van der Waals surface area contributed by atoms with E-state index in [1.54, 1.807) is 6.20 Å². The molecule has 5 heteroatoms. The predicted molar refractivity (Wildman–Crippen MR) is 63.4 cm³/mol. The van der Waals surface area contributed by atoms with Crippen LogP contribution in [0.15, 0.2) is 36.5 Å². The molecule has 0 atom stereocenters. The van der Waals surface area contributed by atoms with E-state index in [9.17, 15) is 8.42 Å². The summed E-state index contributed by atoms with van der Waals surface area (Å²) in [7, 11) is -3.17. The first-order valence-electron chi connectivity index (χ1n) is 4.83. The zero-order valence-electron chi connectivity index (χ0n) is 8.84. The maximum atomic E-state index is 11.0. The number of sulfonamides is 1. The normalized spacial score (nSPS) is 11.8. The average Bonchev–Trinajstić information content (AvgIpc) is 2.25. The van der Waals surface area contributed by atoms with E-state index in [1.165, 1.54) is 0 Å². The summed E-state index contributed by atoms with van der Waals surface area (Å²) in [6.45, 7) is 0.271. The van der Waals surface area contributed by atoms with Gasteiger partial charge < -0.3 is 0 Å². The van der Waals surface area contributed by atoms with Crippen molar-refractivity contribution in [3.8, 4) is 0 Å². The molecule has 0 amide bonds. The molecule has 2 aromatic rings. The van der Waals surface area contributed by atoms with Crippen molar-refractivity contribution in [2.75, 3.05) is 6.26 Å². The van der Waals surface area contributed by atoms with Gasteiger partial charge in [0.05, 0.1) is 11.8 Å². The summed E-state index contributed by atoms with van der Waals surface area (Å²) in [5.41, 5.74) is 1.71. The molecule has 0 aliphatic carbocycles. The van der Waals surface area contributed by atoms with Crippen molar-refractivity contribution in [2.45, 2.75) is 6.54 Å². The van der Waals surface area contributed by atoms with E-state index >= 15 is 0 Å². The third-order valence-corrected chi connectivity index (χ3v) is 2.91. The number of nitrogens with one attached hydrogen (secondary N) is 1. The minimum atomic E-state index is -3.17. The summed E-state index contributed by atoms with van der Waals surface area (Å²) in [5, 5.41) is 1.01. The molecule has 0 aliphatic heterocycles. The van der Waals surface area contributed by atoms with E-state index in [2.05, 4.69) is 9.71 Å². The summed E-state index contributed by atoms with van der Waals surface area (Å²) in [6.07, 6.45) is 2.85. The van der Waals surface area contributed by atoms with Crippen LogP contribution in [0.25, 0.3) is 10.9 Å². The molecule has 4 nitrogen and oxygen atoms in total. The lowest BCUT2D eigenvalue weighted by atomic mass is 10.1. The van der Waals surface area contributed by atoms with Gasteiger partial charge in [-0.15, -0.1) is 0 Å². The van der Waals surface area contributed by atoms with Crippen LogP contribution >= 0.6 is 0 Å². The van der Waals surface area contributed by atoms with Gasteiger partial charge in [-0.05, 0) is 11.6 Å². The number of para-hydroxylation sites is 1. The molecule has 0 bridgehead atoms. The second-order valence-electron chi connectivity index (χ2n) is 3.59. The smallest absolute Gasteiger partial charge is 0.209 e. The lowest BCUT2D eigenvalue weighted by Crippen LogP contribution is -2.21. The van der Waals surface area contributed by atoms with Crippen LogP contribution in [0.3, 0.4) is 0 Å². The molecule has 1 aromatic carbocycles. The quantitative estimate of drug-likeness (QED) is 0.873. The Morgan fingerprint density at radius 2 is 2.00 bits per heavy atom. The van der Waals surface area contributed by atoms with Crippen molar-refractivity contribution >= 4 is 20.9 Å². The van der Waals surface area contributed by atoms with Crippen LogP contribution in [0.4, 0.5) is 0 Å². The highest BCUT2D eigenvalue weighted by molar-refractivity contribution is 7.88. The summed E-state index contributed by atoms with van der Waals surface area (Å²) < 4.78 is 24.5. The van der Waals surface area contributed by atoms with Crippen molar-refractivity contribution in [1.82, 2.24) is 9.71 Å². The molecule has 0 saturated carbocycles. The molecule has 0 spiro atoms. The number of nitrogens with zero attached hydrogens (tertiary/aromatic N) is 1. The Bertz CT molecular complexity index is 603. The Morgan fingerprint density at radius 3 is 2.75 bits per heavy atom. The second-order valence-corrected chi connectivity index (χ2v) is 5.42. The maximum Gasteiger partial charge on any atom is 0.209 e. The van der Waals surface area contributed by atoms with Crippen molar-refractivity contribution in [3.63, 3.8) is 0 Å². The molecule has 2 rings (SSSR count). The van der Waals surface area contributed by atoms with E-state index in [0.717, 1.165) is 22.7 Å². The van der Waals surface area contributed by atoms with Crippen molar-refractivity contribution in [1.29, 1.82) is 0 Å². The van der Waals surface area contributed by atoms with Crippen molar-refractivity contribution in [2.24, 2.45) is 0 Å². The van der Waals surface area contributed by atoms with Crippen molar-refractivity contribution < 1.29 is 8.42 Å². The summed E-state index contributed by atoms with van der Waals surface area (Å²) in [4.78, 5) is 4.25. The predicted octanol–water partition coefficient (Wildman–Crippen LogP) is 1.28. The molecule has 0 aliphatic rings. The molecular formula is C11H12N2O2S. The van der Waals surface area contributed by atoms with Crippen LogP contribution in [-0.2, 0) is 16.6 Å². The highest BCUT2D eigenvalue weighted by Crippen LogP contribution is 2.15. The Morgan fingerprint density at radius 1 is 1.25 bits per heavy atom. The molecule has 16 heavy (non-hydrogen) atoms. The monoisotopic (exact) mass is 236 g/mol. The van der Waals surface area contributed by atoms with E-state index < -0.39 is 10.0 Å². The first-order chi connectivity index (χ1) is 7.56. The minimum Gasteiger partial charge on any atom is -0.256 e. The van der Waals surface area contributed by atoms with E-state index in [4.69, 9.17) is 0 Å². The fourth-order valence-electron chi connectivity index (χ4n) is 1.52. The zero-order chi connectivity index (χ0) is 11.6. The van der Waals surface area contributed by atoms with Crippen LogP contribution < -0.4 is 4.72 Å². The van der Waals surface area contributed by atoms with Crippen LogP contribution in [-0.4, -0.2) is 19.7 Å². The summed E-state index contributed by atoms with van der Waals surface area (Å²) in [6, 6.07) is 9.52. The molecule has 0 fully saturated rings. The lowest BCUT2D eigenvalue weighted by molar-refractivity contribution is 0.588. The first-order valence-corrected chi connectivity index (χ1v) is 6.73. The van der Waals surface area contributed by atoms with E-state index in [1.807, 2.05) is 30.3 Å². The van der Waals surface area contributed by atoms with Crippen molar-refractivity contribution in [3.05, 3.63) is 42.1 Å². The van der Waals surface area contributed by atoms with Gasteiger partial charge in [0.25, 0.3) is 0 Å². The largest absolute Gasteiger partial charge is 0.256 e. The van der Waals surface area contributed by atoms with Gasteiger partial charge in [0.1, 0.15) is 0 Å². The van der Waals surface area contributed by atoms with Gasteiger partial charge in [-0.2, -0.15) is 0 Å². The van der Waals surface area contributed by atoms with E-state index in [0.29, 0.717) is 0 Å². The molecule has 0 saturated heterocycles. The number of hydrogen-bond acceptors (Lipinski definition) is 3. The van der Waals surface area contributed by atoms with Gasteiger partial charge in [-0.25, -0.2) is 13.1 Å². The second kappa shape index (κ2) is 4.19. The Balaban J connectivity index is 2.38. The van der Waals surface area contributed by atoms with Gasteiger partial charge in [0, 0.05) is 18.1 Å². The van der Waals surface area contributed by atoms with Gasteiger partial charge in [0.15, 0.2) is 0 Å². The maximum absolute atomic E-state index is 11.0. The van der Waals surface area contributed by atoms with Gasteiger partial charge in [-0.3, -0.25) is 4.98 Å². The van der Waals surface area contributed by atoms with Gasteiger partial charge in [0.2, 0.25) is 10.0 Å². The molecule has 84 valence electrons. The average molecular weight is 236 g/mol. The topological polar surface area (TPSA) is 59.1 Å². The van der Waals surface area contributed by atoms with Gasteiger partial charge in [-0.1, -0.05) is 24.3 Å². The van der Waals surface area contributed by atoms with Crippen LogP contribution in [0.1, 0.15) is 5.56 Å². The number of aromatic nitrogens is 1. The minimum absolute atomic E-state index is 0.271. The molecular weight excluding hydrogens is 224 g/mol. The Hall–Kier alpha value is -1.46. The lowest BCUT2D eigenvalue weighted by Gasteiger charge is -2.05. The SMILES string of the molecule is CS(=O)(=O)NCc1cccc2cccnc12. The highest BCUT2D eigenvalue weighted by Gasteiger charge is 2.04. The van der Waals surface area contributed by atoms with Gasteiger partial charge >= 0.3 is 0 Å².